The molecule has 0 saturated carbocycles. The van der Waals surface area contributed by atoms with Crippen LogP contribution in [0.2, 0.25) is 0 Å². The highest BCUT2D eigenvalue weighted by atomic mass is 35.5. The maximum Gasteiger partial charge on any atom is 0.227 e. The lowest BCUT2D eigenvalue weighted by Gasteiger charge is -2.35. The zero-order chi connectivity index (χ0) is 17.2. The second-order valence-corrected chi connectivity index (χ2v) is 7.32. The van der Waals surface area contributed by atoms with Crippen molar-refractivity contribution in [2.45, 2.75) is 37.8 Å². The molecule has 2 aromatic carbocycles. The zero-order valence-electron chi connectivity index (χ0n) is 15.0. The molecular formula is C21H27ClN2O2. The van der Waals surface area contributed by atoms with Crippen LogP contribution in [0.4, 0.5) is 0 Å². The molecule has 0 aliphatic carbocycles. The quantitative estimate of drug-likeness (QED) is 0.897. The minimum atomic E-state index is 0. The highest BCUT2D eigenvalue weighted by molar-refractivity contribution is 5.90. The fourth-order valence-corrected chi connectivity index (χ4v) is 4.31. The van der Waals surface area contributed by atoms with Gasteiger partial charge in [0.1, 0.15) is 0 Å². The van der Waals surface area contributed by atoms with Crippen LogP contribution < -0.4 is 5.73 Å². The standard InChI is InChI=1S/C21H26N2O2.ClH/c22-19-10-13-25-21(19)16-8-11-23(12-9-16)20(24)14-17-6-3-5-15-4-1-2-7-18(15)17;/h1-7,16,19,21H,8-14,22H2;1H/t19-,21+;/m1./s1. The van der Waals surface area contributed by atoms with Crippen molar-refractivity contribution in [2.75, 3.05) is 19.7 Å². The van der Waals surface area contributed by atoms with Gasteiger partial charge in [0.2, 0.25) is 5.91 Å². The molecule has 4 rings (SSSR count). The summed E-state index contributed by atoms with van der Waals surface area (Å²) >= 11 is 0. The molecule has 2 saturated heterocycles. The summed E-state index contributed by atoms with van der Waals surface area (Å²) in [6.45, 7) is 2.42. The van der Waals surface area contributed by atoms with E-state index in [-0.39, 0.29) is 30.5 Å². The Morgan fingerprint density at radius 3 is 2.54 bits per heavy atom. The molecule has 2 fully saturated rings. The van der Waals surface area contributed by atoms with E-state index in [0.29, 0.717) is 12.3 Å². The lowest BCUT2D eigenvalue weighted by atomic mass is 9.87. The molecule has 2 aliphatic rings. The van der Waals surface area contributed by atoms with Gasteiger partial charge in [0.05, 0.1) is 12.5 Å². The van der Waals surface area contributed by atoms with Crippen LogP contribution in [0.3, 0.4) is 0 Å². The smallest absolute Gasteiger partial charge is 0.227 e. The second kappa shape index (κ2) is 8.38. The average molecular weight is 375 g/mol. The summed E-state index contributed by atoms with van der Waals surface area (Å²) in [4.78, 5) is 14.8. The van der Waals surface area contributed by atoms with E-state index in [4.69, 9.17) is 10.5 Å². The third-order valence-corrected chi connectivity index (χ3v) is 5.76. The van der Waals surface area contributed by atoms with Crippen molar-refractivity contribution in [1.29, 1.82) is 0 Å². The summed E-state index contributed by atoms with van der Waals surface area (Å²) in [5, 5.41) is 2.37. The van der Waals surface area contributed by atoms with Crippen molar-refractivity contribution in [3.63, 3.8) is 0 Å². The summed E-state index contributed by atoms with van der Waals surface area (Å²) in [6, 6.07) is 14.6. The highest BCUT2D eigenvalue weighted by Gasteiger charge is 2.35. The van der Waals surface area contributed by atoms with Crippen LogP contribution in [-0.4, -0.2) is 42.6 Å². The molecule has 2 aromatic rings. The molecule has 4 nitrogen and oxygen atoms in total. The van der Waals surface area contributed by atoms with E-state index in [1.807, 2.05) is 23.1 Å². The molecule has 2 N–H and O–H groups in total. The van der Waals surface area contributed by atoms with Crippen molar-refractivity contribution < 1.29 is 9.53 Å². The minimum absolute atomic E-state index is 0. The summed E-state index contributed by atoms with van der Waals surface area (Å²) in [6.07, 6.45) is 3.63. The number of rotatable bonds is 3. The van der Waals surface area contributed by atoms with E-state index in [2.05, 4.69) is 24.3 Å². The number of halogens is 1. The molecule has 2 atom stereocenters. The van der Waals surface area contributed by atoms with E-state index in [0.717, 1.165) is 44.5 Å². The lowest BCUT2D eigenvalue weighted by Crippen LogP contribution is -2.45. The van der Waals surface area contributed by atoms with Crippen LogP contribution in [0.1, 0.15) is 24.8 Å². The van der Waals surface area contributed by atoms with Crippen molar-refractivity contribution >= 4 is 29.1 Å². The maximum atomic E-state index is 12.8. The fraction of sp³-hybridized carbons (Fsp3) is 0.476. The van der Waals surface area contributed by atoms with E-state index in [9.17, 15) is 4.79 Å². The number of amides is 1. The summed E-state index contributed by atoms with van der Waals surface area (Å²) in [7, 11) is 0. The molecule has 1 amide bonds. The van der Waals surface area contributed by atoms with Crippen molar-refractivity contribution in [3.8, 4) is 0 Å². The summed E-state index contributed by atoms with van der Waals surface area (Å²) in [5.74, 6) is 0.727. The number of hydrogen-bond donors (Lipinski definition) is 1. The van der Waals surface area contributed by atoms with Crippen LogP contribution in [0.25, 0.3) is 10.8 Å². The molecule has 0 bridgehead atoms. The van der Waals surface area contributed by atoms with Crippen LogP contribution in [0.15, 0.2) is 42.5 Å². The Morgan fingerprint density at radius 1 is 1.08 bits per heavy atom. The highest BCUT2D eigenvalue weighted by Crippen LogP contribution is 2.29. The number of hydrogen-bond acceptors (Lipinski definition) is 3. The lowest BCUT2D eigenvalue weighted by molar-refractivity contribution is -0.132. The van der Waals surface area contributed by atoms with Gasteiger partial charge in [0.15, 0.2) is 0 Å². The van der Waals surface area contributed by atoms with Gasteiger partial charge < -0.3 is 15.4 Å². The van der Waals surface area contributed by atoms with E-state index < -0.39 is 0 Å². The first-order valence-corrected chi connectivity index (χ1v) is 9.34. The average Bonchev–Trinajstić information content (AvgIpc) is 3.08. The maximum absolute atomic E-state index is 12.8. The Balaban J connectivity index is 0.00000196. The number of fused-ring (bicyclic) bond motifs is 1. The van der Waals surface area contributed by atoms with Crippen LogP contribution in [0, 0.1) is 5.92 Å². The third kappa shape index (κ3) is 3.88. The molecule has 0 unspecified atom stereocenters. The normalized spacial score (nSPS) is 23.8. The van der Waals surface area contributed by atoms with Gasteiger partial charge in [-0.15, -0.1) is 12.4 Å². The Hall–Kier alpha value is -1.62. The number of nitrogens with zero attached hydrogens (tertiary/aromatic N) is 1. The Bertz CT molecular complexity index is 753. The Kier molecular flexibility index (Phi) is 6.17. The molecule has 26 heavy (non-hydrogen) atoms. The van der Waals surface area contributed by atoms with Gasteiger partial charge in [-0.25, -0.2) is 0 Å². The Labute approximate surface area is 161 Å². The number of likely N-dealkylation sites (tertiary alicyclic amines) is 1. The number of carbonyl (C=O) groups is 1. The number of piperidine rings is 1. The van der Waals surface area contributed by atoms with Gasteiger partial charge in [-0.05, 0) is 41.5 Å². The summed E-state index contributed by atoms with van der Waals surface area (Å²) in [5.41, 5.74) is 7.27. The number of nitrogens with two attached hydrogens (primary N) is 1. The van der Waals surface area contributed by atoms with Crippen molar-refractivity contribution in [1.82, 2.24) is 4.90 Å². The van der Waals surface area contributed by atoms with Crippen molar-refractivity contribution in [2.24, 2.45) is 11.7 Å². The molecular weight excluding hydrogens is 348 g/mol. The zero-order valence-corrected chi connectivity index (χ0v) is 15.8. The minimum Gasteiger partial charge on any atom is -0.376 e. The summed E-state index contributed by atoms with van der Waals surface area (Å²) < 4.78 is 5.82. The first-order valence-electron chi connectivity index (χ1n) is 9.34. The molecule has 0 aromatic heterocycles. The largest absolute Gasteiger partial charge is 0.376 e. The van der Waals surface area contributed by atoms with Crippen LogP contribution >= 0.6 is 12.4 Å². The molecule has 2 aliphatic heterocycles. The number of benzene rings is 2. The fourth-order valence-electron chi connectivity index (χ4n) is 4.31. The molecule has 140 valence electrons. The van der Waals surface area contributed by atoms with E-state index in [1.54, 1.807) is 0 Å². The first-order chi connectivity index (χ1) is 12.2. The van der Waals surface area contributed by atoms with Gasteiger partial charge in [0, 0.05) is 25.7 Å². The SMILES string of the molecule is Cl.N[C@@H]1CCO[C@H]1C1CCN(C(=O)Cc2cccc3ccccc23)CC1. The van der Waals surface area contributed by atoms with Gasteiger partial charge in [-0.1, -0.05) is 42.5 Å². The predicted octanol–water partition coefficient (Wildman–Crippen LogP) is 3.16. The predicted molar refractivity (Wildman–Crippen MR) is 107 cm³/mol. The molecule has 0 spiro atoms. The Morgan fingerprint density at radius 2 is 1.81 bits per heavy atom. The van der Waals surface area contributed by atoms with Crippen molar-refractivity contribution in [3.05, 3.63) is 48.0 Å². The van der Waals surface area contributed by atoms with Gasteiger partial charge >= 0.3 is 0 Å². The topological polar surface area (TPSA) is 55.6 Å². The second-order valence-electron chi connectivity index (χ2n) is 7.32. The first kappa shape index (κ1) is 19.2. The number of ether oxygens (including phenoxy) is 1. The van der Waals surface area contributed by atoms with Gasteiger partial charge in [-0.3, -0.25) is 4.79 Å². The van der Waals surface area contributed by atoms with Gasteiger partial charge in [-0.2, -0.15) is 0 Å². The third-order valence-electron chi connectivity index (χ3n) is 5.76. The van der Waals surface area contributed by atoms with Crippen LogP contribution in [0.5, 0.6) is 0 Å². The molecule has 5 heteroatoms. The molecule has 0 radical (unpaired) electrons. The number of carbonyl (C=O) groups excluding carboxylic acids is 1. The monoisotopic (exact) mass is 374 g/mol. The molecule has 2 heterocycles. The van der Waals surface area contributed by atoms with Crippen LogP contribution in [-0.2, 0) is 16.0 Å². The van der Waals surface area contributed by atoms with E-state index in [1.165, 1.54) is 10.8 Å². The van der Waals surface area contributed by atoms with Gasteiger partial charge in [0.25, 0.3) is 0 Å². The van der Waals surface area contributed by atoms with E-state index >= 15 is 0 Å².